The van der Waals surface area contributed by atoms with Crippen molar-refractivity contribution in [2.45, 2.75) is 57.9 Å². The van der Waals surface area contributed by atoms with Crippen LogP contribution >= 0.6 is 0 Å². The summed E-state index contributed by atoms with van der Waals surface area (Å²) in [5.74, 6) is 2.30. The second-order valence-electron chi connectivity index (χ2n) is 9.97. The average Bonchev–Trinajstić information content (AvgIpc) is 3.32. The predicted molar refractivity (Wildman–Crippen MR) is 141 cm³/mol. The number of methoxy groups -OCH3 is 1. The standard InChI is InChI=1S/C28H35N5O5/c1-18-26(38-17-31-18)16-37-23-7-6-20-14-33(9-8-19(20)10-23)15-22(34)12-30-28(35)24-11-27(29-13-25(24)36-2)32-21-4-3-5-21/h6-7,10-11,13,17,21-22,34H,3-5,8-9,12,14-16H2,1-2H3,(H,29,32)(H,30,35). The van der Waals surface area contributed by atoms with Gasteiger partial charge in [0.25, 0.3) is 5.91 Å². The van der Waals surface area contributed by atoms with Crippen LogP contribution in [0.2, 0.25) is 0 Å². The molecule has 0 radical (unpaired) electrons. The van der Waals surface area contributed by atoms with Crippen LogP contribution in [0.25, 0.3) is 0 Å². The third kappa shape index (κ3) is 6.25. The molecule has 202 valence electrons. The number of aryl methyl sites for hydroxylation is 1. The van der Waals surface area contributed by atoms with E-state index in [2.05, 4.69) is 37.6 Å². The first-order valence-electron chi connectivity index (χ1n) is 13.1. The number of aromatic nitrogens is 2. The van der Waals surface area contributed by atoms with Crippen molar-refractivity contribution in [3.05, 3.63) is 65.0 Å². The largest absolute Gasteiger partial charge is 0.494 e. The summed E-state index contributed by atoms with van der Waals surface area (Å²) in [6.07, 6.45) is 6.58. The average molecular weight is 522 g/mol. The van der Waals surface area contributed by atoms with E-state index in [-0.39, 0.29) is 12.5 Å². The fourth-order valence-corrected chi connectivity index (χ4v) is 4.74. The van der Waals surface area contributed by atoms with Gasteiger partial charge in [-0.3, -0.25) is 9.69 Å². The normalized spacial score (nSPS) is 16.3. The number of pyridine rings is 1. The van der Waals surface area contributed by atoms with E-state index < -0.39 is 6.10 Å². The number of nitrogens with zero attached hydrogens (tertiary/aromatic N) is 3. The summed E-state index contributed by atoms with van der Waals surface area (Å²) < 4.78 is 16.6. The van der Waals surface area contributed by atoms with Gasteiger partial charge >= 0.3 is 0 Å². The number of amides is 1. The van der Waals surface area contributed by atoms with Gasteiger partial charge in [0.15, 0.2) is 12.2 Å². The summed E-state index contributed by atoms with van der Waals surface area (Å²) in [6.45, 7) is 4.40. The van der Waals surface area contributed by atoms with Gasteiger partial charge in [-0.2, -0.15) is 0 Å². The molecule has 3 N–H and O–H groups in total. The molecular formula is C28H35N5O5. The molecule has 10 nitrogen and oxygen atoms in total. The molecular weight excluding hydrogens is 486 g/mol. The van der Waals surface area contributed by atoms with Crippen molar-refractivity contribution in [3.8, 4) is 11.5 Å². The Kier molecular flexibility index (Phi) is 8.09. The smallest absolute Gasteiger partial charge is 0.255 e. The van der Waals surface area contributed by atoms with Crippen LogP contribution in [0.3, 0.4) is 0 Å². The molecule has 2 aromatic heterocycles. The first-order valence-corrected chi connectivity index (χ1v) is 13.1. The molecule has 0 bridgehead atoms. The van der Waals surface area contributed by atoms with Gasteiger partial charge in [-0.25, -0.2) is 9.97 Å². The minimum atomic E-state index is -0.700. The molecule has 3 aromatic rings. The molecule has 1 aliphatic carbocycles. The number of aliphatic hydroxyl groups excluding tert-OH is 1. The molecule has 0 spiro atoms. The molecule has 1 aliphatic heterocycles. The number of anilines is 1. The van der Waals surface area contributed by atoms with Crippen LogP contribution in [-0.2, 0) is 19.6 Å². The van der Waals surface area contributed by atoms with Gasteiger partial charge in [0.1, 0.15) is 23.9 Å². The third-order valence-electron chi connectivity index (χ3n) is 7.24. The molecule has 1 fully saturated rings. The lowest BCUT2D eigenvalue weighted by Gasteiger charge is -2.30. The van der Waals surface area contributed by atoms with E-state index in [0.29, 0.717) is 36.3 Å². The van der Waals surface area contributed by atoms with E-state index in [1.807, 2.05) is 13.0 Å². The zero-order chi connectivity index (χ0) is 26.5. The molecule has 1 saturated carbocycles. The summed E-state index contributed by atoms with van der Waals surface area (Å²) >= 11 is 0. The van der Waals surface area contributed by atoms with Crippen LogP contribution < -0.4 is 20.1 Å². The number of carbonyl (C=O) groups is 1. The van der Waals surface area contributed by atoms with Crippen LogP contribution in [0, 0.1) is 6.92 Å². The number of ether oxygens (including phenoxy) is 2. The lowest BCUT2D eigenvalue weighted by Crippen LogP contribution is -2.42. The Bertz CT molecular complexity index is 1260. The maximum Gasteiger partial charge on any atom is 0.255 e. The molecule has 1 atom stereocenters. The maximum absolute atomic E-state index is 12.9. The Balaban J connectivity index is 1.11. The number of benzene rings is 1. The van der Waals surface area contributed by atoms with Crippen molar-refractivity contribution in [2.75, 3.05) is 32.1 Å². The number of hydrogen-bond acceptors (Lipinski definition) is 9. The lowest BCUT2D eigenvalue weighted by atomic mass is 9.93. The van der Waals surface area contributed by atoms with Gasteiger partial charge in [-0.1, -0.05) is 6.07 Å². The SMILES string of the molecule is COc1cnc(NC2CCC2)cc1C(=O)NCC(O)CN1CCc2cc(OCc3ocnc3C)ccc2C1. The number of carbonyl (C=O) groups excluding carboxylic acids is 1. The Morgan fingerprint density at radius 3 is 2.87 bits per heavy atom. The molecule has 1 amide bonds. The zero-order valence-electron chi connectivity index (χ0n) is 21.9. The van der Waals surface area contributed by atoms with Gasteiger partial charge in [0.05, 0.1) is 30.7 Å². The summed E-state index contributed by atoms with van der Waals surface area (Å²) in [7, 11) is 1.52. The lowest BCUT2D eigenvalue weighted by molar-refractivity contribution is 0.0839. The monoisotopic (exact) mass is 521 g/mol. The predicted octanol–water partition coefficient (Wildman–Crippen LogP) is 3.08. The van der Waals surface area contributed by atoms with E-state index in [1.54, 1.807) is 12.3 Å². The zero-order valence-corrected chi connectivity index (χ0v) is 21.9. The second-order valence-corrected chi connectivity index (χ2v) is 9.97. The highest BCUT2D eigenvalue weighted by Gasteiger charge is 2.22. The summed E-state index contributed by atoms with van der Waals surface area (Å²) in [4.78, 5) is 23.5. The van der Waals surface area contributed by atoms with Crippen LogP contribution in [0.4, 0.5) is 5.82 Å². The quantitative estimate of drug-likeness (QED) is 0.349. The number of nitrogens with one attached hydrogen (secondary N) is 2. The fourth-order valence-electron chi connectivity index (χ4n) is 4.74. The van der Waals surface area contributed by atoms with Crippen molar-refractivity contribution in [1.29, 1.82) is 0 Å². The molecule has 10 heteroatoms. The number of hydrogen-bond donors (Lipinski definition) is 3. The van der Waals surface area contributed by atoms with Crippen molar-refractivity contribution in [1.82, 2.24) is 20.2 Å². The Hall–Kier alpha value is -3.63. The Morgan fingerprint density at radius 2 is 2.13 bits per heavy atom. The van der Waals surface area contributed by atoms with E-state index in [1.165, 1.54) is 31.1 Å². The molecule has 5 rings (SSSR count). The molecule has 3 heterocycles. The van der Waals surface area contributed by atoms with Gasteiger partial charge in [-0.05, 0) is 61.9 Å². The van der Waals surface area contributed by atoms with E-state index >= 15 is 0 Å². The Labute approximate surface area is 222 Å². The highest BCUT2D eigenvalue weighted by molar-refractivity contribution is 5.97. The van der Waals surface area contributed by atoms with Crippen LogP contribution in [0.15, 0.2) is 41.3 Å². The highest BCUT2D eigenvalue weighted by atomic mass is 16.5. The van der Waals surface area contributed by atoms with Crippen molar-refractivity contribution in [2.24, 2.45) is 0 Å². The van der Waals surface area contributed by atoms with Crippen molar-refractivity contribution < 1.29 is 23.8 Å². The van der Waals surface area contributed by atoms with Gasteiger partial charge in [0, 0.05) is 32.2 Å². The fraction of sp³-hybridized carbons (Fsp3) is 0.464. The number of β-amino-alcohol motifs (C(OH)–C–C–N with tert-alkyl or cyclic N) is 1. The first kappa shape index (κ1) is 26.0. The minimum Gasteiger partial charge on any atom is -0.494 e. The summed E-state index contributed by atoms with van der Waals surface area (Å²) in [5, 5.41) is 16.9. The van der Waals surface area contributed by atoms with Crippen LogP contribution in [-0.4, -0.2) is 64.8 Å². The molecule has 38 heavy (non-hydrogen) atoms. The Morgan fingerprint density at radius 1 is 1.26 bits per heavy atom. The van der Waals surface area contributed by atoms with Crippen molar-refractivity contribution >= 4 is 11.7 Å². The summed E-state index contributed by atoms with van der Waals surface area (Å²) in [5.41, 5.74) is 3.69. The topological polar surface area (TPSA) is 122 Å². The van der Waals surface area contributed by atoms with E-state index in [9.17, 15) is 9.90 Å². The van der Waals surface area contributed by atoms with E-state index in [0.717, 1.165) is 49.6 Å². The van der Waals surface area contributed by atoms with E-state index in [4.69, 9.17) is 13.9 Å². The van der Waals surface area contributed by atoms with Gasteiger partial charge < -0.3 is 29.6 Å². The van der Waals surface area contributed by atoms with Gasteiger partial charge in [-0.15, -0.1) is 0 Å². The van der Waals surface area contributed by atoms with Gasteiger partial charge in [0.2, 0.25) is 0 Å². The minimum absolute atomic E-state index is 0.146. The second kappa shape index (κ2) is 11.8. The third-order valence-corrected chi connectivity index (χ3v) is 7.24. The number of oxazole rings is 1. The number of rotatable bonds is 11. The molecule has 1 unspecified atom stereocenters. The number of fused-ring (bicyclic) bond motifs is 1. The maximum atomic E-state index is 12.9. The van der Waals surface area contributed by atoms with Crippen molar-refractivity contribution in [3.63, 3.8) is 0 Å². The van der Waals surface area contributed by atoms with Crippen LogP contribution in [0.5, 0.6) is 11.5 Å². The van der Waals surface area contributed by atoms with Crippen LogP contribution in [0.1, 0.15) is 52.2 Å². The molecule has 2 aliphatic rings. The number of aliphatic hydroxyl groups is 1. The highest BCUT2D eigenvalue weighted by Crippen LogP contribution is 2.26. The summed E-state index contributed by atoms with van der Waals surface area (Å²) in [6, 6.07) is 8.23. The molecule has 0 saturated heterocycles. The molecule has 1 aromatic carbocycles. The first-order chi connectivity index (χ1) is 18.5.